The summed E-state index contributed by atoms with van der Waals surface area (Å²) in [5.74, 6) is -4.66. The topological polar surface area (TPSA) is 192 Å². The largest absolute Gasteiger partial charge is 0.494 e. The van der Waals surface area contributed by atoms with E-state index in [0.29, 0.717) is 51.3 Å². The summed E-state index contributed by atoms with van der Waals surface area (Å²) in [5.41, 5.74) is -4.63. The van der Waals surface area contributed by atoms with E-state index in [9.17, 15) is 40.8 Å². The second-order valence-corrected chi connectivity index (χ2v) is 19.3. The molecule has 3 fully saturated rings. The number of sulfonamides is 1. The molecular weight excluding hydrogens is 819 g/mol. The van der Waals surface area contributed by atoms with Crippen LogP contribution < -0.4 is 29.6 Å². The van der Waals surface area contributed by atoms with E-state index < -0.39 is 91.7 Å². The van der Waals surface area contributed by atoms with Gasteiger partial charge in [0.05, 0.1) is 37.1 Å². The maximum Gasteiger partial charge on any atom is 0.427 e. The molecule has 15 nitrogen and oxygen atoms in total. The van der Waals surface area contributed by atoms with Crippen molar-refractivity contribution in [2.45, 2.75) is 120 Å². The van der Waals surface area contributed by atoms with E-state index in [1.165, 1.54) is 33.4 Å². The van der Waals surface area contributed by atoms with E-state index in [1.807, 2.05) is 13.0 Å². The van der Waals surface area contributed by atoms with E-state index in [1.54, 1.807) is 13.0 Å². The number of rotatable bonds is 9. The van der Waals surface area contributed by atoms with Gasteiger partial charge in [-0.1, -0.05) is 32.4 Å². The molecule has 6 rings (SSSR count). The van der Waals surface area contributed by atoms with Crippen molar-refractivity contribution in [3.8, 4) is 17.4 Å². The minimum Gasteiger partial charge on any atom is -0.494 e. The van der Waals surface area contributed by atoms with Gasteiger partial charge in [-0.05, 0) is 76.8 Å². The fourth-order valence-electron chi connectivity index (χ4n) is 7.62. The summed E-state index contributed by atoms with van der Waals surface area (Å²) >= 11 is 0. The van der Waals surface area contributed by atoms with E-state index in [4.69, 9.17) is 18.9 Å². The van der Waals surface area contributed by atoms with Gasteiger partial charge in [0.25, 0.3) is 5.91 Å². The lowest BCUT2D eigenvalue weighted by atomic mass is 9.92. The minimum absolute atomic E-state index is 0.0550. The summed E-state index contributed by atoms with van der Waals surface area (Å²) in [7, 11) is -1.44. The first-order chi connectivity index (χ1) is 28.0. The SMILES string of the molecule is COc1cc2c(OC)cnc(O[C@@H]3C[C@H]4C(=O)NC5(C(=O)NS(=O)(=O)C6(C)CC6)C[C@H]5/C=C\[C@@H](C)CCC[C@@H](C)[C@H](NC(=O)OC(C)(C)C(F)(F)F)C(=O)N4C3)c2cc1F. The number of alkyl halides is 3. The molecule has 20 heteroatoms. The molecule has 2 aromatic rings. The van der Waals surface area contributed by atoms with Crippen LogP contribution >= 0.6 is 0 Å². The molecule has 0 radical (unpaired) electrons. The van der Waals surface area contributed by atoms with Gasteiger partial charge in [-0.15, -0.1) is 0 Å². The lowest BCUT2D eigenvalue weighted by Gasteiger charge is -2.33. The molecule has 0 spiro atoms. The van der Waals surface area contributed by atoms with E-state index >= 15 is 4.39 Å². The number of alkyl carbamates (subject to hydrolysis) is 1. The van der Waals surface area contributed by atoms with Gasteiger partial charge in [-0.2, -0.15) is 13.2 Å². The Morgan fingerprint density at radius 2 is 1.70 bits per heavy atom. The van der Waals surface area contributed by atoms with Gasteiger partial charge in [-0.3, -0.25) is 19.1 Å². The third kappa shape index (κ3) is 8.79. The van der Waals surface area contributed by atoms with Gasteiger partial charge in [0.1, 0.15) is 29.5 Å². The number of pyridine rings is 1. The Morgan fingerprint density at radius 1 is 1.02 bits per heavy atom. The number of carbonyl (C=O) groups is 4. The number of amides is 4. The van der Waals surface area contributed by atoms with Crippen LogP contribution in [-0.4, -0.2) is 103 Å². The normalized spacial score (nSPS) is 28.8. The predicted molar refractivity (Wildman–Crippen MR) is 208 cm³/mol. The molecule has 2 aliphatic heterocycles. The van der Waals surface area contributed by atoms with Crippen LogP contribution in [0.5, 0.6) is 17.4 Å². The van der Waals surface area contributed by atoms with Gasteiger partial charge in [-0.25, -0.2) is 22.6 Å². The maximum absolute atomic E-state index is 15.1. The van der Waals surface area contributed by atoms with Crippen LogP contribution in [0.4, 0.5) is 22.4 Å². The van der Waals surface area contributed by atoms with E-state index in [0.717, 1.165) is 11.0 Å². The molecule has 1 aromatic carbocycles. The van der Waals surface area contributed by atoms with E-state index in [2.05, 4.69) is 20.3 Å². The summed E-state index contributed by atoms with van der Waals surface area (Å²) in [5, 5.41) is 5.62. The minimum atomic E-state index is -4.94. The number of benzene rings is 1. The summed E-state index contributed by atoms with van der Waals surface area (Å²) in [4.78, 5) is 61.8. The Hall–Kier alpha value is -4.88. The number of aromatic nitrogens is 1. The van der Waals surface area contributed by atoms with Crippen LogP contribution in [-0.2, 0) is 29.1 Å². The van der Waals surface area contributed by atoms with Crippen LogP contribution in [0.3, 0.4) is 0 Å². The molecule has 1 aromatic heterocycles. The summed E-state index contributed by atoms with van der Waals surface area (Å²) < 4.78 is 105. The number of halogens is 4. The Labute approximate surface area is 345 Å². The molecule has 0 bridgehead atoms. The highest BCUT2D eigenvalue weighted by molar-refractivity contribution is 7.91. The Kier molecular flexibility index (Phi) is 12.1. The summed E-state index contributed by atoms with van der Waals surface area (Å²) in [6.07, 6.45) is -0.591. The fourth-order valence-corrected chi connectivity index (χ4v) is 8.94. The predicted octanol–water partition coefficient (Wildman–Crippen LogP) is 5.06. The van der Waals surface area contributed by atoms with Crippen LogP contribution in [0.15, 0.2) is 30.5 Å². The number of fused-ring (bicyclic) bond motifs is 3. The monoisotopic (exact) mass is 869 g/mol. The molecule has 3 N–H and O–H groups in total. The fraction of sp³-hybridized carbons (Fsp3) is 0.625. The Bertz CT molecular complexity index is 2180. The molecule has 3 heterocycles. The smallest absolute Gasteiger partial charge is 0.427 e. The first kappa shape index (κ1) is 44.7. The molecule has 4 amide bonds. The molecule has 330 valence electrons. The van der Waals surface area contributed by atoms with Crippen LogP contribution in [0.1, 0.15) is 79.6 Å². The van der Waals surface area contributed by atoms with Crippen LogP contribution in [0, 0.1) is 23.6 Å². The van der Waals surface area contributed by atoms with Crippen molar-refractivity contribution in [2.75, 3.05) is 20.8 Å². The molecule has 2 saturated carbocycles. The summed E-state index contributed by atoms with van der Waals surface area (Å²) in [6.45, 7) is 6.07. The number of allylic oxidation sites excluding steroid dienone is 1. The van der Waals surface area contributed by atoms with Gasteiger partial charge in [0.2, 0.25) is 33.3 Å². The highest BCUT2D eigenvalue weighted by Gasteiger charge is 2.63. The van der Waals surface area contributed by atoms with Crippen LogP contribution in [0.2, 0.25) is 0 Å². The zero-order valence-electron chi connectivity index (χ0n) is 34.4. The van der Waals surface area contributed by atoms with Crippen molar-refractivity contribution in [3.63, 3.8) is 0 Å². The number of ether oxygens (including phenoxy) is 4. The third-order valence-electron chi connectivity index (χ3n) is 12.2. The number of hydrogen-bond donors (Lipinski definition) is 3. The Morgan fingerprint density at radius 3 is 2.33 bits per heavy atom. The standard InChI is InChI=1S/C40H51F4N5O10S/c1-21-9-8-10-22(2)31(46-36(53)59-37(3,4)40(42,43)44)34(51)49-20-24(58-33-26-16-27(41)29(56-6)17-25(26)30(57-7)19-45-33)15-28(49)32(50)47-39(18-23(39)12-11-21)35(52)48-60(54,55)38(5)13-14-38/h11-12,16-17,19,21-24,28,31H,8-10,13-15,18,20H2,1-7H3,(H,46,53)(H,47,50)(H,48,52)/b12-11-/t21-,22+,23+,24+,28-,31-,39?/m0/s1. The van der Waals surface area contributed by atoms with Crippen molar-refractivity contribution in [1.82, 2.24) is 25.2 Å². The number of nitrogens with one attached hydrogen (secondary N) is 3. The zero-order chi connectivity index (χ0) is 44.2. The second-order valence-electron chi connectivity index (χ2n) is 17.1. The number of nitrogens with zero attached hydrogens (tertiary/aromatic N) is 2. The lowest BCUT2D eigenvalue weighted by molar-refractivity contribution is -0.244. The summed E-state index contributed by atoms with van der Waals surface area (Å²) in [6, 6.07) is -0.399. The molecule has 4 aliphatic rings. The highest BCUT2D eigenvalue weighted by atomic mass is 32.2. The van der Waals surface area contributed by atoms with Crippen molar-refractivity contribution in [1.29, 1.82) is 0 Å². The first-order valence-electron chi connectivity index (χ1n) is 19.8. The molecule has 60 heavy (non-hydrogen) atoms. The van der Waals surface area contributed by atoms with E-state index in [-0.39, 0.29) is 48.1 Å². The van der Waals surface area contributed by atoms with Gasteiger partial charge in [0.15, 0.2) is 11.6 Å². The second kappa shape index (κ2) is 16.2. The van der Waals surface area contributed by atoms with Crippen molar-refractivity contribution in [3.05, 3.63) is 36.3 Å². The number of carbonyl (C=O) groups excluding carboxylic acids is 4. The first-order valence-corrected chi connectivity index (χ1v) is 21.2. The van der Waals surface area contributed by atoms with Gasteiger partial charge in [0, 0.05) is 17.7 Å². The Balaban J connectivity index is 1.37. The maximum atomic E-state index is 15.1. The van der Waals surface area contributed by atoms with Gasteiger partial charge < -0.3 is 34.5 Å². The molecule has 1 saturated heterocycles. The van der Waals surface area contributed by atoms with Crippen molar-refractivity contribution in [2.24, 2.45) is 17.8 Å². The van der Waals surface area contributed by atoms with Crippen molar-refractivity contribution < 1.29 is 64.1 Å². The number of hydrogen-bond acceptors (Lipinski definition) is 11. The van der Waals surface area contributed by atoms with Crippen molar-refractivity contribution >= 4 is 44.6 Å². The average molecular weight is 870 g/mol. The average Bonchev–Trinajstić information content (AvgIpc) is 4.05. The van der Waals surface area contributed by atoms with Crippen LogP contribution in [0.25, 0.3) is 10.8 Å². The highest BCUT2D eigenvalue weighted by Crippen LogP contribution is 2.48. The van der Waals surface area contributed by atoms with Gasteiger partial charge >= 0.3 is 12.3 Å². The zero-order valence-corrected chi connectivity index (χ0v) is 35.2. The molecule has 7 atom stereocenters. The molecule has 2 aliphatic carbocycles. The third-order valence-corrected chi connectivity index (χ3v) is 14.3. The number of methoxy groups -OCH3 is 2. The lowest BCUT2D eigenvalue weighted by Crippen LogP contribution is -2.59. The molecule has 1 unspecified atom stereocenters. The molecular formula is C40H51F4N5O10S. The quantitative estimate of drug-likeness (QED) is 0.226.